The van der Waals surface area contributed by atoms with E-state index >= 15 is 0 Å². The number of aliphatic carboxylic acids is 1. The second-order valence-electron chi connectivity index (χ2n) is 2.93. The Morgan fingerprint density at radius 2 is 2.50 bits per heavy atom. The van der Waals surface area contributed by atoms with Gasteiger partial charge >= 0.3 is 5.97 Å². The number of halogens is 1. The fourth-order valence-corrected chi connectivity index (χ4v) is 2.37. The fourth-order valence-electron chi connectivity index (χ4n) is 0.966. The van der Waals surface area contributed by atoms with Crippen molar-refractivity contribution in [2.75, 3.05) is 18.5 Å². The van der Waals surface area contributed by atoms with Crippen LogP contribution in [0.2, 0.25) is 0 Å². The number of thiophene rings is 1. The summed E-state index contributed by atoms with van der Waals surface area (Å²) in [6, 6.07) is 1.08. The van der Waals surface area contributed by atoms with Crippen molar-refractivity contribution in [2.45, 2.75) is 6.04 Å². The number of rotatable bonds is 4. The zero-order valence-corrected chi connectivity index (χ0v) is 10.0. The molecule has 1 aromatic heterocycles. The van der Waals surface area contributed by atoms with Crippen LogP contribution in [0.4, 0.5) is 5.00 Å². The summed E-state index contributed by atoms with van der Waals surface area (Å²) in [6.45, 7) is 0.308. The highest BCUT2D eigenvalue weighted by Crippen LogP contribution is 2.27. The third-order valence-corrected chi connectivity index (χ3v) is 3.52. The van der Waals surface area contributed by atoms with Crippen LogP contribution in [-0.4, -0.2) is 30.7 Å². The Bertz CT molecular complexity index is 329. The average molecular weight is 279 g/mol. The van der Waals surface area contributed by atoms with Gasteiger partial charge in [0.05, 0.1) is 5.00 Å². The van der Waals surface area contributed by atoms with Gasteiger partial charge in [-0.25, -0.2) is 0 Å². The van der Waals surface area contributed by atoms with Gasteiger partial charge in [-0.2, -0.15) is 0 Å². The van der Waals surface area contributed by atoms with Crippen LogP contribution in [0.15, 0.2) is 15.9 Å². The van der Waals surface area contributed by atoms with Crippen LogP contribution < -0.4 is 10.6 Å². The van der Waals surface area contributed by atoms with Crippen LogP contribution in [0.25, 0.3) is 0 Å². The van der Waals surface area contributed by atoms with Crippen molar-refractivity contribution in [3.05, 3.63) is 15.9 Å². The maximum Gasteiger partial charge on any atom is 0.322 e. The highest BCUT2D eigenvalue weighted by Gasteiger charge is 2.15. The first kappa shape index (κ1) is 11.5. The van der Waals surface area contributed by atoms with Crippen molar-refractivity contribution < 1.29 is 9.90 Å². The minimum absolute atomic E-state index is 0.308. The fraction of sp³-hybridized carbons (Fsp3) is 0.375. The molecule has 78 valence electrons. The van der Waals surface area contributed by atoms with E-state index < -0.39 is 12.0 Å². The highest BCUT2D eigenvalue weighted by atomic mass is 79.9. The predicted molar refractivity (Wildman–Crippen MR) is 60.9 cm³/mol. The lowest BCUT2D eigenvalue weighted by molar-refractivity contribution is -0.138. The zero-order chi connectivity index (χ0) is 10.7. The molecule has 1 rings (SSSR count). The zero-order valence-electron chi connectivity index (χ0n) is 7.61. The molecule has 0 aliphatic heterocycles. The summed E-state index contributed by atoms with van der Waals surface area (Å²) >= 11 is 4.87. The van der Waals surface area contributed by atoms with E-state index in [1.165, 1.54) is 0 Å². The lowest BCUT2D eigenvalue weighted by atomic mass is 10.3. The van der Waals surface area contributed by atoms with Gasteiger partial charge < -0.3 is 15.7 Å². The molecule has 0 saturated carbocycles. The molecule has 0 bridgehead atoms. The second kappa shape index (κ2) is 4.77. The van der Waals surface area contributed by atoms with E-state index in [4.69, 9.17) is 10.8 Å². The van der Waals surface area contributed by atoms with E-state index in [9.17, 15) is 4.79 Å². The molecule has 0 fully saturated rings. The lowest BCUT2D eigenvalue weighted by Crippen LogP contribution is -2.41. The molecule has 14 heavy (non-hydrogen) atoms. The van der Waals surface area contributed by atoms with Crippen molar-refractivity contribution in [3.63, 3.8) is 0 Å². The van der Waals surface area contributed by atoms with E-state index in [0.29, 0.717) is 6.54 Å². The summed E-state index contributed by atoms with van der Waals surface area (Å²) in [5, 5.41) is 11.6. The first-order chi connectivity index (χ1) is 6.50. The minimum Gasteiger partial charge on any atom is -0.480 e. The average Bonchev–Trinajstić information content (AvgIpc) is 2.51. The summed E-state index contributed by atoms with van der Waals surface area (Å²) in [5.74, 6) is -0.979. The predicted octanol–water partition coefficient (Wildman–Crippen LogP) is 1.36. The Hall–Kier alpha value is -0.590. The van der Waals surface area contributed by atoms with Gasteiger partial charge in [-0.05, 0) is 22.0 Å². The number of carbonyl (C=O) groups is 1. The molecular formula is C8H11BrN2O2S. The topological polar surface area (TPSA) is 66.6 Å². The first-order valence-electron chi connectivity index (χ1n) is 3.94. The minimum atomic E-state index is -0.979. The molecule has 1 heterocycles. The van der Waals surface area contributed by atoms with Gasteiger partial charge in [0, 0.05) is 23.4 Å². The van der Waals surface area contributed by atoms with E-state index in [0.717, 1.165) is 9.47 Å². The van der Waals surface area contributed by atoms with E-state index in [-0.39, 0.29) is 0 Å². The van der Waals surface area contributed by atoms with Crippen LogP contribution in [0, 0.1) is 0 Å². The number of hydrogen-bond donors (Lipinski definition) is 2. The van der Waals surface area contributed by atoms with E-state index in [1.54, 1.807) is 11.3 Å². The molecule has 0 aliphatic rings. The van der Waals surface area contributed by atoms with Crippen LogP contribution >= 0.6 is 27.3 Å². The second-order valence-corrected chi connectivity index (χ2v) is 4.73. The largest absolute Gasteiger partial charge is 0.480 e. The van der Waals surface area contributed by atoms with Crippen LogP contribution in [0.5, 0.6) is 0 Å². The van der Waals surface area contributed by atoms with Gasteiger partial charge in [-0.3, -0.25) is 4.79 Å². The van der Waals surface area contributed by atoms with Crippen molar-refractivity contribution in [2.24, 2.45) is 5.73 Å². The molecule has 0 spiro atoms. The number of likely N-dealkylation sites (N-methyl/N-ethyl adjacent to an activating group) is 1. The highest BCUT2D eigenvalue weighted by molar-refractivity contribution is 9.10. The van der Waals surface area contributed by atoms with Crippen molar-refractivity contribution in [1.29, 1.82) is 0 Å². The molecule has 3 N–H and O–H groups in total. The molecule has 1 aromatic rings. The molecule has 0 amide bonds. The summed E-state index contributed by atoms with van der Waals surface area (Å²) in [4.78, 5) is 12.3. The van der Waals surface area contributed by atoms with Gasteiger partial charge in [0.15, 0.2) is 0 Å². The van der Waals surface area contributed by atoms with Gasteiger partial charge in [-0.1, -0.05) is 0 Å². The molecule has 0 radical (unpaired) electrons. The Morgan fingerprint density at radius 3 is 2.93 bits per heavy atom. The lowest BCUT2D eigenvalue weighted by Gasteiger charge is -2.18. The quantitative estimate of drug-likeness (QED) is 0.873. The van der Waals surface area contributed by atoms with E-state index in [1.807, 2.05) is 23.4 Å². The SMILES string of the molecule is CN(CC(N)C(=O)O)c1cc(Br)cs1. The molecule has 1 unspecified atom stereocenters. The van der Waals surface area contributed by atoms with Gasteiger partial charge in [0.1, 0.15) is 6.04 Å². The van der Waals surface area contributed by atoms with E-state index in [2.05, 4.69) is 15.9 Å². The summed E-state index contributed by atoms with van der Waals surface area (Å²) < 4.78 is 0.994. The number of hydrogen-bond acceptors (Lipinski definition) is 4. The third-order valence-electron chi connectivity index (χ3n) is 1.72. The molecule has 0 aromatic carbocycles. The molecule has 1 atom stereocenters. The molecule has 4 nitrogen and oxygen atoms in total. The van der Waals surface area contributed by atoms with Crippen LogP contribution in [0.1, 0.15) is 0 Å². The normalized spacial score (nSPS) is 12.5. The van der Waals surface area contributed by atoms with Crippen molar-refractivity contribution in [1.82, 2.24) is 0 Å². The molecule has 6 heteroatoms. The van der Waals surface area contributed by atoms with Crippen molar-refractivity contribution >= 4 is 38.2 Å². The Labute approximate surface area is 94.5 Å². The standard InChI is InChI=1S/C8H11BrN2O2S/c1-11(3-6(10)8(12)13)7-2-5(9)4-14-7/h2,4,6H,3,10H2,1H3,(H,12,13). The number of nitrogens with two attached hydrogens (primary N) is 1. The number of carboxylic acid groups (broad SMARTS) is 1. The first-order valence-corrected chi connectivity index (χ1v) is 5.61. The maximum absolute atomic E-state index is 10.5. The summed E-state index contributed by atoms with van der Waals surface area (Å²) in [7, 11) is 1.82. The van der Waals surface area contributed by atoms with Gasteiger partial charge in [0.2, 0.25) is 0 Å². The van der Waals surface area contributed by atoms with Crippen molar-refractivity contribution in [3.8, 4) is 0 Å². The Morgan fingerprint density at radius 1 is 1.86 bits per heavy atom. The van der Waals surface area contributed by atoms with Crippen LogP contribution in [-0.2, 0) is 4.79 Å². The van der Waals surface area contributed by atoms with Crippen LogP contribution in [0.3, 0.4) is 0 Å². The number of carboxylic acids is 1. The van der Waals surface area contributed by atoms with Gasteiger partial charge in [-0.15, -0.1) is 11.3 Å². The Balaban J connectivity index is 2.58. The number of anilines is 1. The summed E-state index contributed by atoms with van der Waals surface area (Å²) in [5.41, 5.74) is 5.41. The third kappa shape index (κ3) is 2.97. The maximum atomic E-state index is 10.5. The number of nitrogens with zero attached hydrogens (tertiary/aromatic N) is 1. The molecule has 0 aliphatic carbocycles. The van der Waals surface area contributed by atoms with Gasteiger partial charge in [0.25, 0.3) is 0 Å². The monoisotopic (exact) mass is 278 g/mol. The molecular weight excluding hydrogens is 268 g/mol. The summed E-state index contributed by atoms with van der Waals surface area (Å²) in [6.07, 6.45) is 0. The smallest absolute Gasteiger partial charge is 0.322 e. The Kier molecular flexibility index (Phi) is 3.91. The molecule has 0 saturated heterocycles.